The van der Waals surface area contributed by atoms with Crippen LogP contribution in [0.3, 0.4) is 0 Å². The van der Waals surface area contributed by atoms with Gasteiger partial charge >= 0.3 is 0 Å². The molecule has 0 unspecified atom stereocenters. The van der Waals surface area contributed by atoms with Crippen molar-refractivity contribution in [1.82, 2.24) is 4.98 Å². The van der Waals surface area contributed by atoms with Crippen molar-refractivity contribution < 1.29 is 0 Å². The van der Waals surface area contributed by atoms with Gasteiger partial charge in [0.2, 0.25) is 5.43 Å². The first-order valence-electron chi connectivity index (χ1n) is 5.52. The number of aromatic nitrogens is 1. The van der Waals surface area contributed by atoms with Gasteiger partial charge in [0.25, 0.3) is 0 Å². The predicted molar refractivity (Wildman–Crippen MR) is 75.9 cm³/mol. The summed E-state index contributed by atoms with van der Waals surface area (Å²) in [5.41, 5.74) is 2.31. The maximum atomic E-state index is 11.9. The van der Waals surface area contributed by atoms with E-state index >= 15 is 0 Å². The lowest BCUT2D eigenvalue weighted by molar-refractivity contribution is 0.796. The van der Waals surface area contributed by atoms with E-state index < -0.39 is 0 Å². The summed E-state index contributed by atoms with van der Waals surface area (Å²) in [5, 5.41) is 0.806. The quantitative estimate of drug-likeness (QED) is 0.861. The summed E-state index contributed by atoms with van der Waals surface area (Å²) in [6.45, 7) is 2.18. The van der Waals surface area contributed by atoms with Crippen LogP contribution in [0.1, 0.15) is 25.3 Å². The minimum Gasteiger partial charge on any atom is -0.360 e. The number of pyridine rings is 1. The third-order valence-electron chi connectivity index (χ3n) is 2.72. The van der Waals surface area contributed by atoms with Gasteiger partial charge in [-0.25, -0.2) is 0 Å². The van der Waals surface area contributed by atoms with Crippen LogP contribution in [0.2, 0.25) is 0 Å². The monoisotopic (exact) mass is 327 g/mol. The standard InChI is InChI=1S/C13H14INO/c1-2-3-4-9-5-6-12-10(7-9)13(16)11(14)8-15-12/h5-8H,2-4H2,1H3,(H,15,16). The number of hydrogen-bond donors (Lipinski definition) is 1. The van der Waals surface area contributed by atoms with Gasteiger partial charge < -0.3 is 4.98 Å². The molecule has 3 heteroatoms. The van der Waals surface area contributed by atoms with Crippen molar-refractivity contribution in [3.8, 4) is 0 Å². The molecule has 0 bridgehead atoms. The Bertz CT molecular complexity index is 559. The van der Waals surface area contributed by atoms with Gasteiger partial charge in [-0.15, -0.1) is 0 Å². The van der Waals surface area contributed by atoms with Crippen LogP contribution >= 0.6 is 22.6 Å². The molecule has 0 radical (unpaired) electrons. The Hall–Kier alpha value is -0.840. The molecule has 1 aromatic heterocycles. The Morgan fingerprint density at radius 1 is 1.38 bits per heavy atom. The number of benzene rings is 1. The summed E-state index contributed by atoms with van der Waals surface area (Å²) < 4.78 is 0.748. The normalized spacial score (nSPS) is 10.9. The predicted octanol–water partition coefficient (Wildman–Crippen LogP) is 3.48. The Balaban J connectivity index is 2.51. The molecule has 0 spiro atoms. The second-order valence-corrected chi connectivity index (χ2v) is 5.11. The van der Waals surface area contributed by atoms with Gasteiger partial charge in [-0.1, -0.05) is 19.4 Å². The summed E-state index contributed by atoms with van der Waals surface area (Å²) in [5.74, 6) is 0. The smallest absolute Gasteiger partial charge is 0.202 e. The number of fused-ring (bicyclic) bond motifs is 1. The third kappa shape index (κ3) is 2.29. The molecule has 0 amide bonds. The second kappa shape index (κ2) is 4.99. The highest BCUT2D eigenvalue weighted by atomic mass is 127. The number of H-pyrrole nitrogens is 1. The minimum atomic E-state index is 0.132. The van der Waals surface area contributed by atoms with Crippen molar-refractivity contribution in [2.75, 3.05) is 0 Å². The molecule has 0 aliphatic heterocycles. The molecule has 0 saturated carbocycles. The van der Waals surface area contributed by atoms with Gasteiger partial charge in [-0.2, -0.15) is 0 Å². The SMILES string of the molecule is CCCCc1ccc2[nH]cc(I)c(=O)c2c1. The molecule has 2 rings (SSSR count). The fraction of sp³-hybridized carbons (Fsp3) is 0.308. The zero-order valence-electron chi connectivity index (χ0n) is 9.22. The number of nitrogens with one attached hydrogen (secondary N) is 1. The second-order valence-electron chi connectivity index (χ2n) is 3.95. The minimum absolute atomic E-state index is 0.132. The molecular formula is C13H14INO. The highest BCUT2D eigenvalue weighted by molar-refractivity contribution is 14.1. The van der Waals surface area contributed by atoms with Crippen LogP contribution < -0.4 is 5.43 Å². The Kier molecular flexibility index (Phi) is 3.63. The average Bonchev–Trinajstić information content (AvgIpc) is 2.31. The first kappa shape index (κ1) is 11.6. The van der Waals surface area contributed by atoms with Gasteiger partial charge in [0.15, 0.2) is 0 Å². The maximum absolute atomic E-state index is 11.9. The summed E-state index contributed by atoms with van der Waals surface area (Å²) in [6.07, 6.45) is 5.17. The van der Waals surface area contributed by atoms with Crippen LogP contribution in [-0.4, -0.2) is 4.98 Å². The molecule has 16 heavy (non-hydrogen) atoms. The van der Waals surface area contributed by atoms with E-state index in [1.807, 2.05) is 12.1 Å². The van der Waals surface area contributed by atoms with Crippen molar-refractivity contribution in [2.45, 2.75) is 26.2 Å². The third-order valence-corrected chi connectivity index (χ3v) is 3.52. The van der Waals surface area contributed by atoms with Gasteiger partial charge in [-0.3, -0.25) is 4.79 Å². The Morgan fingerprint density at radius 2 is 2.19 bits per heavy atom. The van der Waals surface area contributed by atoms with Crippen molar-refractivity contribution in [1.29, 1.82) is 0 Å². The molecule has 0 atom stereocenters. The van der Waals surface area contributed by atoms with Crippen molar-refractivity contribution in [2.24, 2.45) is 0 Å². The van der Waals surface area contributed by atoms with E-state index in [2.05, 4.69) is 40.6 Å². The highest BCUT2D eigenvalue weighted by Gasteiger charge is 2.03. The first-order chi connectivity index (χ1) is 7.72. The number of halogens is 1. The zero-order valence-corrected chi connectivity index (χ0v) is 11.4. The molecule has 1 heterocycles. The van der Waals surface area contributed by atoms with Gasteiger partial charge in [0, 0.05) is 17.1 Å². The van der Waals surface area contributed by atoms with Crippen molar-refractivity contribution in [3.63, 3.8) is 0 Å². The molecule has 84 valence electrons. The van der Waals surface area contributed by atoms with Gasteiger partial charge in [0.05, 0.1) is 3.57 Å². The Labute approximate surface area is 108 Å². The molecular weight excluding hydrogens is 313 g/mol. The number of aromatic amines is 1. The summed E-state index contributed by atoms with van der Waals surface area (Å²) in [6, 6.07) is 6.12. The summed E-state index contributed by atoms with van der Waals surface area (Å²) in [7, 11) is 0. The van der Waals surface area contributed by atoms with E-state index in [9.17, 15) is 4.79 Å². The van der Waals surface area contributed by atoms with Crippen LogP contribution in [-0.2, 0) is 6.42 Å². The zero-order chi connectivity index (χ0) is 11.5. The van der Waals surface area contributed by atoms with E-state index in [0.29, 0.717) is 0 Å². The maximum Gasteiger partial charge on any atom is 0.202 e. The van der Waals surface area contributed by atoms with E-state index in [4.69, 9.17) is 0 Å². The lowest BCUT2D eigenvalue weighted by Crippen LogP contribution is -2.06. The molecule has 0 aliphatic rings. The molecule has 1 N–H and O–H groups in total. The van der Waals surface area contributed by atoms with Crippen LogP contribution in [0.25, 0.3) is 10.9 Å². The van der Waals surface area contributed by atoms with Crippen LogP contribution in [0, 0.1) is 3.57 Å². The fourth-order valence-corrected chi connectivity index (χ4v) is 2.22. The van der Waals surface area contributed by atoms with Crippen molar-refractivity contribution >= 4 is 33.5 Å². The van der Waals surface area contributed by atoms with E-state index in [1.54, 1.807) is 6.20 Å². The fourth-order valence-electron chi connectivity index (χ4n) is 1.78. The Morgan fingerprint density at radius 3 is 2.94 bits per heavy atom. The number of rotatable bonds is 3. The lowest BCUT2D eigenvalue weighted by atomic mass is 10.1. The summed E-state index contributed by atoms with van der Waals surface area (Å²) in [4.78, 5) is 15.1. The average molecular weight is 327 g/mol. The largest absolute Gasteiger partial charge is 0.360 e. The van der Waals surface area contributed by atoms with E-state index in [-0.39, 0.29) is 5.43 Å². The molecule has 1 aromatic carbocycles. The van der Waals surface area contributed by atoms with Crippen LogP contribution in [0.5, 0.6) is 0 Å². The molecule has 2 nitrogen and oxygen atoms in total. The topological polar surface area (TPSA) is 32.9 Å². The van der Waals surface area contributed by atoms with Crippen LogP contribution in [0.15, 0.2) is 29.2 Å². The van der Waals surface area contributed by atoms with Crippen LogP contribution in [0.4, 0.5) is 0 Å². The van der Waals surface area contributed by atoms with E-state index in [1.165, 1.54) is 18.4 Å². The van der Waals surface area contributed by atoms with Gasteiger partial charge in [0.1, 0.15) is 0 Å². The molecule has 0 saturated heterocycles. The summed E-state index contributed by atoms with van der Waals surface area (Å²) >= 11 is 2.07. The molecule has 0 fully saturated rings. The van der Waals surface area contributed by atoms with Gasteiger partial charge in [-0.05, 0) is 53.1 Å². The molecule has 2 aromatic rings. The first-order valence-corrected chi connectivity index (χ1v) is 6.60. The van der Waals surface area contributed by atoms with Crippen molar-refractivity contribution in [3.05, 3.63) is 43.8 Å². The number of unbranched alkanes of at least 4 members (excludes halogenated alkanes) is 1. The number of aryl methyl sites for hydroxylation is 1. The number of hydrogen-bond acceptors (Lipinski definition) is 1. The highest BCUT2D eigenvalue weighted by Crippen LogP contribution is 2.13. The molecule has 0 aliphatic carbocycles. The van der Waals surface area contributed by atoms with E-state index in [0.717, 1.165) is 20.9 Å². The lowest BCUT2D eigenvalue weighted by Gasteiger charge is -2.03.